The molecule has 0 heterocycles. The minimum Gasteiger partial charge on any atom is -0.462 e. The molecule has 0 saturated heterocycles. The van der Waals surface area contributed by atoms with Gasteiger partial charge in [0.15, 0.2) is 6.10 Å². The summed E-state index contributed by atoms with van der Waals surface area (Å²) < 4.78 is 16.8. The molecule has 0 fully saturated rings. The van der Waals surface area contributed by atoms with Crippen molar-refractivity contribution in [2.24, 2.45) is 0 Å². The number of esters is 3. The van der Waals surface area contributed by atoms with Gasteiger partial charge in [-0.25, -0.2) is 0 Å². The van der Waals surface area contributed by atoms with E-state index in [2.05, 4.69) is 142 Å². The number of allylic oxidation sites excluding steroid dienone is 22. The molecule has 0 amide bonds. The maximum absolute atomic E-state index is 12.9. The molecule has 76 heavy (non-hydrogen) atoms. The zero-order valence-corrected chi connectivity index (χ0v) is 49.2. The molecule has 1 atom stereocenters. The molecule has 0 aromatic heterocycles. The Kier molecular flexibility index (Phi) is 59.4. The Morgan fingerprint density at radius 3 is 0.868 bits per heavy atom. The van der Waals surface area contributed by atoms with Gasteiger partial charge in [-0.2, -0.15) is 0 Å². The Balaban J connectivity index is 4.52. The summed E-state index contributed by atoms with van der Waals surface area (Å²) in [7, 11) is 0. The lowest BCUT2D eigenvalue weighted by molar-refractivity contribution is -0.166. The van der Waals surface area contributed by atoms with Crippen LogP contribution in [0.25, 0.3) is 0 Å². The molecule has 0 aromatic carbocycles. The van der Waals surface area contributed by atoms with Crippen LogP contribution in [-0.4, -0.2) is 37.2 Å². The minimum absolute atomic E-state index is 0.121. The molecule has 1 unspecified atom stereocenters. The molecule has 0 radical (unpaired) electrons. The molecule has 430 valence electrons. The zero-order valence-electron chi connectivity index (χ0n) is 49.2. The second kappa shape index (κ2) is 63.1. The normalized spacial score (nSPS) is 13.0. The van der Waals surface area contributed by atoms with Crippen LogP contribution >= 0.6 is 0 Å². The Bertz CT molecular complexity index is 1630. The van der Waals surface area contributed by atoms with Gasteiger partial charge in [0.05, 0.1) is 0 Å². The van der Waals surface area contributed by atoms with Crippen molar-refractivity contribution in [2.75, 3.05) is 13.2 Å². The first-order valence-electron chi connectivity index (χ1n) is 31.2. The third-order valence-electron chi connectivity index (χ3n) is 12.9. The van der Waals surface area contributed by atoms with Gasteiger partial charge in [0.1, 0.15) is 13.2 Å². The number of hydrogen-bond acceptors (Lipinski definition) is 6. The maximum Gasteiger partial charge on any atom is 0.306 e. The Labute approximate surface area is 468 Å². The summed E-state index contributed by atoms with van der Waals surface area (Å²) in [6.45, 7) is 6.42. The largest absolute Gasteiger partial charge is 0.462 e. The highest BCUT2D eigenvalue weighted by molar-refractivity contribution is 5.71. The second-order valence-electron chi connectivity index (χ2n) is 20.2. The van der Waals surface area contributed by atoms with Gasteiger partial charge >= 0.3 is 17.9 Å². The highest BCUT2D eigenvalue weighted by Crippen LogP contribution is 2.14. The van der Waals surface area contributed by atoms with Crippen molar-refractivity contribution < 1.29 is 28.6 Å². The highest BCUT2D eigenvalue weighted by atomic mass is 16.6. The summed E-state index contributed by atoms with van der Waals surface area (Å²) in [6, 6.07) is 0. The van der Waals surface area contributed by atoms with Crippen molar-refractivity contribution in [3.63, 3.8) is 0 Å². The van der Waals surface area contributed by atoms with E-state index in [0.29, 0.717) is 19.3 Å². The summed E-state index contributed by atoms with van der Waals surface area (Å²) in [5, 5.41) is 0. The van der Waals surface area contributed by atoms with Gasteiger partial charge in [-0.15, -0.1) is 0 Å². The molecule has 0 bridgehead atoms. The molecule has 6 nitrogen and oxygen atoms in total. The number of hydrogen-bond donors (Lipinski definition) is 0. The molecule has 0 saturated carbocycles. The number of unbranched alkanes of at least 4 members (excludes halogenated alkanes) is 22. The molecular weight excluding hydrogens is 937 g/mol. The fourth-order valence-corrected chi connectivity index (χ4v) is 8.21. The standard InChI is InChI=1S/C70H114O6/c1-4-7-10-13-16-19-22-25-28-31-33-34-35-36-38-39-42-45-48-51-54-57-60-63-69(72)75-66-67(65-74-68(71)62-59-56-53-50-47-44-41-30-27-24-21-18-15-12-9-6-3)76-70(73)64-61-58-55-52-49-46-43-40-37-32-29-26-23-20-17-14-11-8-5-2/h8,11,17,20-22,24-26,29-31,33,35-37,40-41,46,49,55,58,67H,4-7,9-10,12-16,18-19,23,27-28,32,34,38-39,42-45,47-48,50-54,56-57,59-66H2,1-3H3/b11-8-,20-17-,24-21-,25-22-,29-26-,33-31-,36-35-,40-37-,41-30-,49-46-,58-55-. The first kappa shape index (κ1) is 71.5. The van der Waals surface area contributed by atoms with Gasteiger partial charge in [-0.3, -0.25) is 14.4 Å². The molecule has 0 N–H and O–H groups in total. The monoisotopic (exact) mass is 1050 g/mol. The Morgan fingerprint density at radius 2 is 0.539 bits per heavy atom. The average molecular weight is 1050 g/mol. The number of carbonyl (C=O) groups excluding carboxylic acids is 3. The molecular formula is C70H114O6. The van der Waals surface area contributed by atoms with Crippen LogP contribution in [0.2, 0.25) is 0 Å². The van der Waals surface area contributed by atoms with Crippen molar-refractivity contribution in [3.05, 3.63) is 134 Å². The lowest BCUT2D eigenvalue weighted by Crippen LogP contribution is -2.30. The van der Waals surface area contributed by atoms with E-state index in [9.17, 15) is 14.4 Å². The van der Waals surface area contributed by atoms with Gasteiger partial charge in [0.25, 0.3) is 0 Å². The van der Waals surface area contributed by atoms with Gasteiger partial charge in [-0.05, 0) is 128 Å². The van der Waals surface area contributed by atoms with E-state index in [-0.39, 0.29) is 31.6 Å². The smallest absolute Gasteiger partial charge is 0.306 e. The summed E-state index contributed by atoms with van der Waals surface area (Å²) in [5.74, 6) is -1.03. The molecule has 0 rings (SSSR count). The Hall–Kier alpha value is -4.45. The van der Waals surface area contributed by atoms with Crippen LogP contribution in [-0.2, 0) is 28.6 Å². The summed E-state index contributed by atoms with van der Waals surface area (Å²) in [6.07, 6.45) is 88.9. The summed E-state index contributed by atoms with van der Waals surface area (Å²) >= 11 is 0. The second-order valence-corrected chi connectivity index (χ2v) is 20.2. The van der Waals surface area contributed by atoms with Gasteiger partial charge < -0.3 is 14.2 Å². The number of carbonyl (C=O) groups is 3. The number of rotatable bonds is 55. The van der Waals surface area contributed by atoms with Gasteiger partial charge in [-0.1, -0.05) is 257 Å². The predicted molar refractivity (Wildman–Crippen MR) is 329 cm³/mol. The highest BCUT2D eigenvalue weighted by Gasteiger charge is 2.19. The van der Waals surface area contributed by atoms with Crippen molar-refractivity contribution in [1.82, 2.24) is 0 Å². The number of ether oxygens (including phenoxy) is 3. The maximum atomic E-state index is 12.9. The van der Waals surface area contributed by atoms with Gasteiger partial charge in [0.2, 0.25) is 0 Å². The molecule has 0 aliphatic rings. The van der Waals surface area contributed by atoms with Crippen LogP contribution in [0.3, 0.4) is 0 Å². The lowest BCUT2D eigenvalue weighted by Gasteiger charge is -2.18. The fourth-order valence-electron chi connectivity index (χ4n) is 8.21. The molecule has 0 spiro atoms. The van der Waals surface area contributed by atoms with E-state index in [1.165, 1.54) is 103 Å². The average Bonchev–Trinajstić information content (AvgIpc) is 3.42. The SMILES string of the molecule is CC/C=C\C/C=C\C/C=C\C/C=C\C/C=C\C/C=C\CCC(=O)OC(COC(=O)CCCCCCC/C=C\C/C=C\CCCCCC)COC(=O)CCCCCCCCCC/C=C\C/C=C\C/C=C\CCCCCCC. The van der Waals surface area contributed by atoms with Crippen molar-refractivity contribution in [3.8, 4) is 0 Å². The topological polar surface area (TPSA) is 78.9 Å². The minimum atomic E-state index is -0.834. The molecule has 6 heteroatoms. The van der Waals surface area contributed by atoms with Crippen LogP contribution in [0.4, 0.5) is 0 Å². The fraction of sp³-hybridized carbons (Fsp3) is 0.643. The van der Waals surface area contributed by atoms with Crippen LogP contribution < -0.4 is 0 Å². The third kappa shape index (κ3) is 60.4. The summed E-state index contributed by atoms with van der Waals surface area (Å²) in [5.41, 5.74) is 0. The van der Waals surface area contributed by atoms with E-state index in [4.69, 9.17) is 14.2 Å². The zero-order chi connectivity index (χ0) is 55.0. The van der Waals surface area contributed by atoms with Crippen LogP contribution in [0.15, 0.2) is 134 Å². The third-order valence-corrected chi connectivity index (χ3v) is 12.9. The van der Waals surface area contributed by atoms with Crippen LogP contribution in [0, 0.1) is 0 Å². The lowest BCUT2D eigenvalue weighted by atomic mass is 10.1. The van der Waals surface area contributed by atoms with E-state index in [0.717, 1.165) is 122 Å². The van der Waals surface area contributed by atoms with Crippen molar-refractivity contribution in [2.45, 2.75) is 277 Å². The van der Waals surface area contributed by atoms with E-state index in [1.807, 2.05) is 12.2 Å². The van der Waals surface area contributed by atoms with Crippen LogP contribution in [0.1, 0.15) is 271 Å². The Morgan fingerprint density at radius 1 is 0.276 bits per heavy atom. The molecule has 0 aliphatic heterocycles. The quantitative estimate of drug-likeness (QED) is 0.0261. The predicted octanol–water partition coefficient (Wildman–Crippen LogP) is 21.4. The first-order valence-corrected chi connectivity index (χ1v) is 31.2. The molecule has 0 aliphatic carbocycles. The van der Waals surface area contributed by atoms with Crippen LogP contribution in [0.5, 0.6) is 0 Å². The van der Waals surface area contributed by atoms with E-state index in [1.54, 1.807) is 0 Å². The van der Waals surface area contributed by atoms with Gasteiger partial charge in [0, 0.05) is 19.3 Å². The summed E-state index contributed by atoms with van der Waals surface area (Å²) in [4.78, 5) is 38.3. The van der Waals surface area contributed by atoms with Crippen molar-refractivity contribution in [1.29, 1.82) is 0 Å². The molecule has 0 aromatic rings. The van der Waals surface area contributed by atoms with E-state index >= 15 is 0 Å². The van der Waals surface area contributed by atoms with Crippen molar-refractivity contribution >= 4 is 17.9 Å². The first-order chi connectivity index (χ1) is 37.5. The van der Waals surface area contributed by atoms with E-state index < -0.39 is 12.1 Å².